The van der Waals surface area contributed by atoms with Crippen LogP contribution in [0.15, 0.2) is 91.0 Å². The molecule has 2 N–H and O–H groups in total. The van der Waals surface area contributed by atoms with E-state index in [0.29, 0.717) is 24.7 Å². The van der Waals surface area contributed by atoms with Crippen LogP contribution in [0.2, 0.25) is 0 Å². The fraction of sp³-hybridized carbons (Fsp3) is 0.0833. The van der Waals surface area contributed by atoms with E-state index < -0.39 is 11.8 Å². The normalized spacial score (nSPS) is 11.1. The molecule has 0 aliphatic carbocycles. The molecule has 0 saturated carbocycles. The van der Waals surface area contributed by atoms with E-state index in [1.807, 2.05) is 48.5 Å². The van der Waals surface area contributed by atoms with Crippen molar-refractivity contribution in [3.8, 4) is 0 Å². The van der Waals surface area contributed by atoms with Crippen LogP contribution >= 0.6 is 0 Å². The first-order valence-corrected chi connectivity index (χ1v) is 9.14. The third-order valence-corrected chi connectivity index (χ3v) is 4.44. The molecular formula is C24H21NO4. The number of ketones is 1. The molecule has 0 aliphatic rings. The van der Waals surface area contributed by atoms with Crippen LogP contribution < -0.4 is 4.90 Å². The molecule has 0 spiro atoms. The van der Waals surface area contributed by atoms with Crippen LogP contribution in [0.5, 0.6) is 0 Å². The minimum absolute atomic E-state index is 0.374. The number of hydrogen-bond acceptors (Lipinski definition) is 4. The van der Waals surface area contributed by atoms with Crippen LogP contribution in [0.1, 0.15) is 16.7 Å². The van der Waals surface area contributed by atoms with Gasteiger partial charge in [-0.05, 0) is 35.4 Å². The van der Waals surface area contributed by atoms with Gasteiger partial charge in [-0.2, -0.15) is 0 Å². The highest BCUT2D eigenvalue weighted by molar-refractivity contribution is 6.38. The molecule has 3 aromatic carbocycles. The van der Waals surface area contributed by atoms with Gasteiger partial charge < -0.3 is 15.1 Å². The topological polar surface area (TPSA) is 77.8 Å². The first-order valence-electron chi connectivity index (χ1n) is 9.14. The number of hydrogen-bond donors (Lipinski definition) is 2. The van der Waals surface area contributed by atoms with Crippen molar-refractivity contribution in [2.24, 2.45) is 0 Å². The van der Waals surface area contributed by atoms with Crippen LogP contribution in [0, 0.1) is 0 Å². The second-order valence-corrected chi connectivity index (χ2v) is 6.57. The smallest absolute Gasteiger partial charge is 0.376 e. The van der Waals surface area contributed by atoms with Crippen molar-refractivity contribution >= 4 is 23.2 Å². The van der Waals surface area contributed by atoms with Crippen molar-refractivity contribution in [1.82, 2.24) is 0 Å². The number of benzene rings is 3. The van der Waals surface area contributed by atoms with E-state index in [1.165, 1.54) is 11.1 Å². The summed E-state index contributed by atoms with van der Waals surface area (Å²) >= 11 is 0. The zero-order valence-corrected chi connectivity index (χ0v) is 15.7. The Morgan fingerprint density at radius 1 is 0.724 bits per heavy atom. The molecule has 0 aliphatic heterocycles. The molecule has 146 valence electrons. The standard InChI is InChI=1S/C24H21NO4/c26-22(15-23(27)24(28)29)20-11-13-21(14-12-20)25(16-18-7-3-1-4-8-18)17-19-9-5-2-6-10-19/h1-15,26H,16-17H2,(H,28,29). The van der Waals surface area contributed by atoms with Gasteiger partial charge in [0.2, 0.25) is 0 Å². The van der Waals surface area contributed by atoms with Gasteiger partial charge in [-0.3, -0.25) is 4.79 Å². The van der Waals surface area contributed by atoms with Gasteiger partial charge in [0.25, 0.3) is 5.78 Å². The second kappa shape index (κ2) is 9.37. The van der Waals surface area contributed by atoms with Crippen molar-refractivity contribution in [1.29, 1.82) is 0 Å². The zero-order chi connectivity index (χ0) is 20.6. The molecule has 0 radical (unpaired) electrons. The van der Waals surface area contributed by atoms with Crippen molar-refractivity contribution in [3.05, 3.63) is 108 Å². The van der Waals surface area contributed by atoms with Crippen LogP contribution in [-0.4, -0.2) is 22.0 Å². The lowest BCUT2D eigenvalue weighted by molar-refractivity contribution is -0.146. The second-order valence-electron chi connectivity index (χ2n) is 6.57. The Balaban J connectivity index is 1.85. The summed E-state index contributed by atoms with van der Waals surface area (Å²) in [6.07, 6.45) is 0.711. The van der Waals surface area contributed by atoms with E-state index in [0.717, 1.165) is 5.69 Å². The largest absolute Gasteiger partial charge is 0.507 e. The van der Waals surface area contributed by atoms with Gasteiger partial charge in [0.15, 0.2) is 0 Å². The highest BCUT2D eigenvalue weighted by Crippen LogP contribution is 2.23. The summed E-state index contributed by atoms with van der Waals surface area (Å²) in [5, 5.41) is 18.7. The van der Waals surface area contributed by atoms with Crippen LogP contribution in [0.4, 0.5) is 5.69 Å². The molecule has 5 heteroatoms. The summed E-state index contributed by atoms with van der Waals surface area (Å²) in [7, 11) is 0. The third-order valence-electron chi connectivity index (χ3n) is 4.44. The Bertz CT molecular complexity index is 955. The number of aliphatic hydroxyl groups excluding tert-OH is 1. The van der Waals surface area contributed by atoms with Crippen molar-refractivity contribution in [2.45, 2.75) is 13.1 Å². The number of aliphatic hydroxyl groups is 1. The number of rotatable bonds is 8. The lowest BCUT2D eigenvalue weighted by Crippen LogP contribution is -2.22. The summed E-state index contributed by atoms with van der Waals surface area (Å²) in [5.74, 6) is -3.15. The van der Waals surface area contributed by atoms with E-state index >= 15 is 0 Å². The van der Waals surface area contributed by atoms with Gasteiger partial charge in [0.05, 0.1) is 0 Å². The molecular weight excluding hydrogens is 366 g/mol. The third kappa shape index (κ3) is 5.56. The molecule has 3 aromatic rings. The summed E-state index contributed by atoms with van der Waals surface area (Å²) in [4.78, 5) is 24.1. The molecule has 0 saturated heterocycles. The predicted octanol–water partition coefficient (Wildman–Crippen LogP) is 4.45. The molecule has 0 fully saturated rings. The first kappa shape index (κ1) is 19.9. The average molecular weight is 387 g/mol. The van der Waals surface area contributed by atoms with Crippen LogP contribution in [-0.2, 0) is 22.7 Å². The summed E-state index contributed by atoms with van der Waals surface area (Å²) in [6, 6.07) is 27.3. The number of carbonyl (C=O) groups excluding carboxylic acids is 1. The Hall–Kier alpha value is -3.86. The Kier molecular flexibility index (Phi) is 6.43. The van der Waals surface area contributed by atoms with Gasteiger partial charge >= 0.3 is 5.97 Å². The first-order chi connectivity index (χ1) is 14.0. The highest BCUT2D eigenvalue weighted by atomic mass is 16.4. The molecule has 5 nitrogen and oxygen atoms in total. The molecule has 0 bridgehead atoms. The van der Waals surface area contributed by atoms with Crippen LogP contribution in [0.3, 0.4) is 0 Å². The zero-order valence-electron chi connectivity index (χ0n) is 15.7. The summed E-state index contributed by atoms with van der Waals surface area (Å²) in [6.45, 7) is 1.41. The molecule has 0 unspecified atom stereocenters. The quantitative estimate of drug-likeness (QED) is 0.339. The van der Waals surface area contributed by atoms with Crippen molar-refractivity contribution in [2.75, 3.05) is 4.90 Å². The minimum Gasteiger partial charge on any atom is -0.507 e. The minimum atomic E-state index is -1.61. The fourth-order valence-electron chi connectivity index (χ4n) is 2.96. The van der Waals surface area contributed by atoms with Gasteiger partial charge in [-0.15, -0.1) is 0 Å². The number of carboxylic acid groups (broad SMARTS) is 1. The SMILES string of the molecule is O=C(O)C(=O)C=C(O)c1ccc(N(Cc2ccccc2)Cc2ccccc2)cc1. The van der Waals surface area contributed by atoms with Crippen molar-refractivity contribution < 1.29 is 19.8 Å². The molecule has 29 heavy (non-hydrogen) atoms. The Morgan fingerprint density at radius 3 is 1.66 bits per heavy atom. The lowest BCUT2D eigenvalue weighted by atomic mass is 10.1. The lowest BCUT2D eigenvalue weighted by Gasteiger charge is -2.25. The maximum absolute atomic E-state index is 11.3. The van der Waals surface area contributed by atoms with E-state index in [4.69, 9.17) is 5.11 Å². The molecule has 3 rings (SSSR count). The Labute approximate surface area is 169 Å². The summed E-state index contributed by atoms with van der Waals surface area (Å²) < 4.78 is 0. The number of carbonyl (C=O) groups is 2. The van der Waals surface area contributed by atoms with Gasteiger partial charge in [0, 0.05) is 30.4 Å². The molecule has 0 amide bonds. The van der Waals surface area contributed by atoms with E-state index in [2.05, 4.69) is 29.2 Å². The monoisotopic (exact) mass is 387 g/mol. The van der Waals surface area contributed by atoms with Gasteiger partial charge in [-0.25, -0.2) is 4.79 Å². The number of nitrogens with zero attached hydrogens (tertiary/aromatic N) is 1. The number of aliphatic carboxylic acids is 1. The van der Waals surface area contributed by atoms with Gasteiger partial charge in [-0.1, -0.05) is 60.7 Å². The fourth-order valence-corrected chi connectivity index (χ4v) is 2.96. The molecule has 0 atom stereocenters. The van der Waals surface area contributed by atoms with Gasteiger partial charge in [0.1, 0.15) is 5.76 Å². The van der Waals surface area contributed by atoms with E-state index in [-0.39, 0.29) is 5.76 Å². The predicted molar refractivity (Wildman–Crippen MR) is 112 cm³/mol. The maximum atomic E-state index is 11.3. The van der Waals surface area contributed by atoms with Crippen LogP contribution in [0.25, 0.3) is 5.76 Å². The Morgan fingerprint density at radius 2 is 1.21 bits per heavy atom. The van der Waals surface area contributed by atoms with E-state index in [1.54, 1.807) is 12.1 Å². The van der Waals surface area contributed by atoms with Crippen molar-refractivity contribution in [3.63, 3.8) is 0 Å². The molecule has 0 heterocycles. The van der Waals surface area contributed by atoms with E-state index in [9.17, 15) is 14.7 Å². The highest BCUT2D eigenvalue weighted by Gasteiger charge is 2.12. The number of anilines is 1. The molecule has 0 aromatic heterocycles. The maximum Gasteiger partial charge on any atom is 0.376 e. The number of carboxylic acids is 1. The average Bonchev–Trinajstić information content (AvgIpc) is 2.75. The summed E-state index contributed by atoms with van der Waals surface area (Å²) in [5.41, 5.74) is 3.66.